The van der Waals surface area contributed by atoms with Crippen molar-refractivity contribution in [2.24, 2.45) is 0 Å². The van der Waals surface area contributed by atoms with Crippen LogP contribution in [-0.2, 0) is 6.42 Å². The van der Waals surface area contributed by atoms with Crippen LogP contribution in [0, 0.1) is 19.7 Å². The van der Waals surface area contributed by atoms with E-state index in [0.717, 1.165) is 44.1 Å². The fraction of sp³-hybridized carbons (Fsp3) is 0.200. The van der Waals surface area contributed by atoms with Gasteiger partial charge in [-0.05, 0) is 65.7 Å². The van der Waals surface area contributed by atoms with E-state index in [0.29, 0.717) is 12.2 Å². The van der Waals surface area contributed by atoms with Gasteiger partial charge in [0.1, 0.15) is 27.6 Å². The summed E-state index contributed by atoms with van der Waals surface area (Å²) in [6.07, 6.45) is 2.39. The van der Waals surface area contributed by atoms with Crippen LogP contribution in [0.2, 0.25) is 0 Å². The van der Waals surface area contributed by atoms with Crippen molar-refractivity contribution in [3.8, 4) is 16.9 Å². The average molecular weight is 430 g/mol. The third kappa shape index (κ3) is 3.12. The molecule has 0 aliphatic rings. The van der Waals surface area contributed by atoms with Crippen molar-refractivity contribution in [3.05, 3.63) is 69.7 Å². The van der Waals surface area contributed by atoms with E-state index in [1.165, 1.54) is 12.1 Å². The first-order valence-electron chi connectivity index (χ1n) is 8.40. The Hall–Kier alpha value is -2.67. The number of halogens is 2. The first-order valence-corrected chi connectivity index (χ1v) is 9.19. The van der Waals surface area contributed by atoms with E-state index >= 15 is 0 Å². The first-order chi connectivity index (χ1) is 13.0. The van der Waals surface area contributed by atoms with Gasteiger partial charge in [0.25, 0.3) is 0 Å². The number of aryl methyl sites for hydroxylation is 2. The van der Waals surface area contributed by atoms with Gasteiger partial charge in [-0.1, -0.05) is 5.16 Å². The molecule has 0 fully saturated rings. The van der Waals surface area contributed by atoms with Crippen molar-refractivity contribution in [1.82, 2.24) is 14.5 Å². The molecule has 0 atom stereocenters. The lowest BCUT2D eigenvalue weighted by molar-refractivity contribution is 0.393. The molecule has 0 aliphatic carbocycles. The molecule has 5 nitrogen and oxygen atoms in total. The number of methoxy groups -OCH3 is 1. The average Bonchev–Trinajstić information content (AvgIpc) is 3.14. The molecule has 4 rings (SSSR count). The Balaban J connectivity index is 1.78. The summed E-state index contributed by atoms with van der Waals surface area (Å²) in [6.45, 7) is 3.81. The molecule has 0 N–H and O–H groups in total. The van der Waals surface area contributed by atoms with Crippen molar-refractivity contribution in [3.63, 3.8) is 0 Å². The number of imidazole rings is 1. The van der Waals surface area contributed by atoms with Crippen LogP contribution < -0.4 is 4.74 Å². The molecule has 0 amide bonds. The molecule has 0 unspecified atom stereocenters. The van der Waals surface area contributed by atoms with Crippen LogP contribution in [0.25, 0.3) is 16.8 Å². The highest BCUT2D eigenvalue weighted by molar-refractivity contribution is 9.10. The van der Waals surface area contributed by atoms with Crippen molar-refractivity contribution in [1.29, 1.82) is 0 Å². The third-order valence-electron chi connectivity index (χ3n) is 4.56. The van der Waals surface area contributed by atoms with Crippen LogP contribution in [0.1, 0.15) is 22.7 Å². The van der Waals surface area contributed by atoms with E-state index in [9.17, 15) is 4.39 Å². The second-order valence-corrected chi connectivity index (χ2v) is 7.08. The Labute approximate surface area is 163 Å². The van der Waals surface area contributed by atoms with Crippen molar-refractivity contribution in [2.45, 2.75) is 20.3 Å². The van der Waals surface area contributed by atoms with E-state index in [2.05, 4.69) is 21.1 Å². The lowest BCUT2D eigenvalue weighted by Crippen LogP contribution is -1.96. The van der Waals surface area contributed by atoms with Gasteiger partial charge in [0.05, 0.1) is 18.5 Å². The summed E-state index contributed by atoms with van der Waals surface area (Å²) in [4.78, 5) is 4.73. The minimum absolute atomic E-state index is 0.300. The zero-order valence-electron chi connectivity index (χ0n) is 15.1. The summed E-state index contributed by atoms with van der Waals surface area (Å²) in [5.74, 6) is 1.11. The number of benzene rings is 1. The van der Waals surface area contributed by atoms with E-state index in [1.54, 1.807) is 13.2 Å². The quantitative estimate of drug-likeness (QED) is 0.452. The summed E-state index contributed by atoms with van der Waals surface area (Å²) in [5, 5.41) is 4.02. The maximum absolute atomic E-state index is 13.7. The van der Waals surface area contributed by atoms with E-state index in [4.69, 9.17) is 14.2 Å². The second kappa shape index (κ2) is 6.81. The summed E-state index contributed by atoms with van der Waals surface area (Å²) < 4.78 is 27.1. The van der Waals surface area contributed by atoms with Crippen molar-refractivity contribution in [2.75, 3.05) is 7.11 Å². The Bertz CT molecular complexity index is 1130. The molecule has 7 heteroatoms. The predicted octanol–water partition coefficient (Wildman–Crippen LogP) is 5.11. The smallest absolute Gasteiger partial charge is 0.141 e. The van der Waals surface area contributed by atoms with Gasteiger partial charge < -0.3 is 9.26 Å². The number of nitrogens with zero attached hydrogens (tertiary/aromatic N) is 3. The molecule has 0 saturated heterocycles. The molecule has 138 valence electrons. The molecular formula is C20H17BrFN3O2. The Kier molecular flexibility index (Phi) is 4.47. The molecule has 0 saturated carbocycles. The lowest BCUT2D eigenvalue weighted by Gasteiger charge is -2.07. The number of fused-ring (bicyclic) bond motifs is 1. The van der Waals surface area contributed by atoms with E-state index in [-0.39, 0.29) is 5.82 Å². The third-order valence-corrected chi connectivity index (χ3v) is 5.40. The number of rotatable bonds is 4. The van der Waals surface area contributed by atoms with Crippen LogP contribution in [0.3, 0.4) is 0 Å². The van der Waals surface area contributed by atoms with E-state index < -0.39 is 0 Å². The summed E-state index contributed by atoms with van der Waals surface area (Å²) in [5.41, 5.74) is 5.13. The van der Waals surface area contributed by atoms with Gasteiger partial charge >= 0.3 is 0 Å². The summed E-state index contributed by atoms with van der Waals surface area (Å²) in [6, 6.07) is 8.48. The summed E-state index contributed by atoms with van der Waals surface area (Å²) in [7, 11) is 1.57. The number of hydrogen-bond acceptors (Lipinski definition) is 4. The predicted molar refractivity (Wildman–Crippen MR) is 104 cm³/mol. The zero-order chi connectivity index (χ0) is 19.1. The van der Waals surface area contributed by atoms with Gasteiger partial charge in [-0.2, -0.15) is 0 Å². The highest BCUT2D eigenvalue weighted by Gasteiger charge is 2.16. The van der Waals surface area contributed by atoms with Crippen LogP contribution in [0.4, 0.5) is 4.39 Å². The van der Waals surface area contributed by atoms with Gasteiger partial charge in [0, 0.05) is 23.7 Å². The molecule has 0 spiro atoms. The lowest BCUT2D eigenvalue weighted by atomic mass is 10.1. The maximum Gasteiger partial charge on any atom is 0.141 e. The van der Waals surface area contributed by atoms with Crippen LogP contribution in [0.15, 0.2) is 45.7 Å². The Morgan fingerprint density at radius 2 is 2.04 bits per heavy atom. The van der Waals surface area contributed by atoms with E-state index in [1.807, 2.05) is 36.6 Å². The molecule has 1 aromatic carbocycles. The van der Waals surface area contributed by atoms with Gasteiger partial charge in [0.2, 0.25) is 0 Å². The molecule has 27 heavy (non-hydrogen) atoms. The molecule has 0 bridgehead atoms. The van der Waals surface area contributed by atoms with Crippen LogP contribution in [0.5, 0.6) is 5.75 Å². The van der Waals surface area contributed by atoms with Crippen LogP contribution >= 0.6 is 15.9 Å². The number of ether oxygens (including phenoxy) is 1. The Morgan fingerprint density at radius 3 is 2.74 bits per heavy atom. The van der Waals surface area contributed by atoms with Crippen LogP contribution in [-0.4, -0.2) is 21.7 Å². The fourth-order valence-electron chi connectivity index (χ4n) is 3.29. The largest absolute Gasteiger partial charge is 0.496 e. The normalized spacial score (nSPS) is 11.3. The Morgan fingerprint density at radius 1 is 1.22 bits per heavy atom. The fourth-order valence-corrected chi connectivity index (χ4v) is 3.82. The minimum atomic E-state index is -0.300. The first kappa shape index (κ1) is 17.7. The molecular weight excluding hydrogens is 413 g/mol. The molecule has 0 radical (unpaired) electrons. The zero-order valence-corrected chi connectivity index (χ0v) is 16.7. The number of aromatic nitrogens is 3. The highest BCUT2D eigenvalue weighted by Crippen LogP contribution is 2.31. The molecule has 0 aliphatic heterocycles. The molecule has 3 heterocycles. The highest BCUT2D eigenvalue weighted by atomic mass is 79.9. The minimum Gasteiger partial charge on any atom is -0.496 e. The molecule has 4 aromatic rings. The van der Waals surface area contributed by atoms with Crippen molar-refractivity contribution < 1.29 is 13.7 Å². The second-order valence-electron chi connectivity index (χ2n) is 6.33. The standard InChI is InChI=1S/C20H17BrFN3O2/c1-11-19(12(2)27-24-11)13-6-7-25-18(10-13)23-16(20(25)21)9-14-8-15(22)4-5-17(14)26-3/h4-8,10H,9H2,1-3H3. The SMILES string of the molecule is COc1ccc(F)cc1Cc1nc2cc(-c3c(C)noc3C)ccn2c1Br. The van der Waals surface area contributed by atoms with Gasteiger partial charge in [-0.15, -0.1) is 0 Å². The topological polar surface area (TPSA) is 52.6 Å². The number of pyridine rings is 1. The van der Waals surface area contributed by atoms with Crippen molar-refractivity contribution >= 4 is 21.6 Å². The van der Waals surface area contributed by atoms with Gasteiger partial charge in [-0.25, -0.2) is 9.37 Å². The monoisotopic (exact) mass is 429 g/mol. The molecule has 3 aromatic heterocycles. The number of hydrogen-bond donors (Lipinski definition) is 0. The van der Waals surface area contributed by atoms with Gasteiger partial charge in [0.15, 0.2) is 0 Å². The maximum atomic E-state index is 13.7. The summed E-state index contributed by atoms with van der Waals surface area (Å²) >= 11 is 3.61. The van der Waals surface area contributed by atoms with Gasteiger partial charge in [-0.3, -0.25) is 4.40 Å².